The fourth-order valence-corrected chi connectivity index (χ4v) is 2.55. The highest BCUT2D eigenvalue weighted by atomic mass is 32.1. The Morgan fingerprint density at radius 1 is 1.52 bits per heavy atom. The molecule has 2 rings (SSSR count). The normalized spacial score (nSPS) is 12.0. The summed E-state index contributed by atoms with van der Waals surface area (Å²) in [6, 6.07) is 5.48. The molecule has 5 nitrogen and oxygen atoms in total. The Hall–Kier alpha value is -1.92. The van der Waals surface area contributed by atoms with Crippen LogP contribution in [0.4, 0.5) is 5.69 Å². The van der Waals surface area contributed by atoms with Gasteiger partial charge in [-0.1, -0.05) is 6.07 Å². The number of rotatable bonds is 5. The third-order valence-electron chi connectivity index (χ3n) is 2.83. The van der Waals surface area contributed by atoms with Gasteiger partial charge in [-0.15, -0.1) is 11.3 Å². The molecule has 3 N–H and O–H groups in total. The SMILES string of the molecule is CCOc1cc(C)ccc1NC(=O)c1csc(C(C)N)n1. The summed E-state index contributed by atoms with van der Waals surface area (Å²) in [6.07, 6.45) is 0. The molecular weight excluding hydrogens is 286 g/mol. The Morgan fingerprint density at radius 3 is 2.90 bits per heavy atom. The first-order valence-corrected chi connectivity index (χ1v) is 7.65. The molecule has 0 saturated heterocycles. The van der Waals surface area contributed by atoms with Crippen molar-refractivity contribution in [3.8, 4) is 5.75 Å². The van der Waals surface area contributed by atoms with Gasteiger partial charge in [0, 0.05) is 5.38 Å². The predicted octanol–water partition coefficient (Wildman–Crippen LogP) is 3.12. The summed E-state index contributed by atoms with van der Waals surface area (Å²) in [5.74, 6) is 0.399. The van der Waals surface area contributed by atoms with Crippen LogP contribution in [0.15, 0.2) is 23.6 Å². The van der Waals surface area contributed by atoms with Crippen LogP contribution in [0.5, 0.6) is 5.75 Å². The predicted molar refractivity (Wildman–Crippen MR) is 85.0 cm³/mol. The number of nitrogens with two attached hydrogens (primary N) is 1. The lowest BCUT2D eigenvalue weighted by molar-refractivity contribution is 0.102. The second-order valence-corrected chi connectivity index (χ2v) is 5.64. The lowest BCUT2D eigenvalue weighted by Gasteiger charge is -2.11. The number of nitrogens with zero attached hydrogens (tertiary/aromatic N) is 1. The van der Waals surface area contributed by atoms with E-state index in [-0.39, 0.29) is 11.9 Å². The standard InChI is InChI=1S/C15H19N3O2S/c1-4-20-13-7-9(2)5-6-11(13)17-14(19)12-8-21-15(18-12)10(3)16/h5-8,10H,4,16H2,1-3H3,(H,17,19). The van der Waals surface area contributed by atoms with Gasteiger partial charge in [0.05, 0.1) is 18.3 Å². The molecule has 0 spiro atoms. The van der Waals surface area contributed by atoms with Gasteiger partial charge < -0.3 is 15.8 Å². The lowest BCUT2D eigenvalue weighted by Crippen LogP contribution is -2.14. The van der Waals surface area contributed by atoms with E-state index < -0.39 is 0 Å². The van der Waals surface area contributed by atoms with Crippen LogP contribution < -0.4 is 15.8 Å². The summed E-state index contributed by atoms with van der Waals surface area (Å²) < 4.78 is 5.55. The van der Waals surface area contributed by atoms with Crippen LogP contribution >= 0.6 is 11.3 Å². The lowest BCUT2D eigenvalue weighted by atomic mass is 10.2. The van der Waals surface area contributed by atoms with Gasteiger partial charge in [0.2, 0.25) is 0 Å². The van der Waals surface area contributed by atoms with Crippen LogP contribution in [-0.4, -0.2) is 17.5 Å². The third kappa shape index (κ3) is 3.80. The zero-order valence-electron chi connectivity index (χ0n) is 12.3. The van der Waals surface area contributed by atoms with Crippen molar-refractivity contribution < 1.29 is 9.53 Å². The highest BCUT2D eigenvalue weighted by molar-refractivity contribution is 7.09. The van der Waals surface area contributed by atoms with E-state index in [1.807, 2.05) is 39.0 Å². The molecule has 0 aliphatic carbocycles. The molecule has 0 saturated carbocycles. The van der Waals surface area contributed by atoms with Crippen LogP contribution in [-0.2, 0) is 0 Å². The maximum atomic E-state index is 12.2. The molecule has 6 heteroatoms. The topological polar surface area (TPSA) is 77.2 Å². The van der Waals surface area contributed by atoms with Crippen LogP contribution in [0.2, 0.25) is 0 Å². The zero-order chi connectivity index (χ0) is 15.4. The quantitative estimate of drug-likeness (QED) is 0.889. The Balaban J connectivity index is 2.18. The van der Waals surface area contributed by atoms with Crippen LogP contribution in [0.1, 0.15) is 40.9 Å². The molecule has 1 heterocycles. The molecule has 0 radical (unpaired) electrons. The van der Waals surface area contributed by atoms with Gasteiger partial charge in [-0.05, 0) is 38.5 Å². The monoisotopic (exact) mass is 305 g/mol. The second-order valence-electron chi connectivity index (χ2n) is 4.75. The van der Waals surface area contributed by atoms with Gasteiger partial charge in [-0.25, -0.2) is 4.98 Å². The highest BCUT2D eigenvalue weighted by Gasteiger charge is 2.14. The minimum Gasteiger partial charge on any atom is -0.492 e. The van der Waals surface area contributed by atoms with Crippen molar-refractivity contribution >= 4 is 22.9 Å². The largest absolute Gasteiger partial charge is 0.492 e. The number of thiazole rings is 1. The van der Waals surface area contributed by atoms with Crippen molar-refractivity contribution in [2.75, 3.05) is 11.9 Å². The first-order valence-electron chi connectivity index (χ1n) is 6.77. The van der Waals surface area contributed by atoms with Crippen molar-refractivity contribution in [1.82, 2.24) is 4.98 Å². The summed E-state index contributed by atoms with van der Waals surface area (Å²) in [6.45, 7) is 6.26. The average Bonchev–Trinajstić information content (AvgIpc) is 2.92. The molecule has 0 fully saturated rings. The summed E-state index contributed by atoms with van der Waals surface area (Å²) in [4.78, 5) is 16.5. The third-order valence-corrected chi connectivity index (χ3v) is 3.87. The fourth-order valence-electron chi connectivity index (χ4n) is 1.80. The molecule has 21 heavy (non-hydrogen) atoms. The van der Waals surface area contributed by atoms with Gasteiger partial charge in [0.15, 0.2) is 0 Å². The van der Waals surface area contributed by atoms with Gasteiger partial charge in [-0.2, -0.15) is 0 Å². The molecule has 1 aromatic heterocycles. The van der Waals surface area contributed by atoms with Gasteiger partial charge in [0.1, 0.15) is 16.5 Å². The van der Waals surface area contributed by atoms with Crippen LogP contribution in [0, 0.1) is 6.92 Å². The first kappa shape index (κ1) is 15.5. The van der Waals surface area contributed by atoms with Crippen molar-refractivity contribution in [3.63, 3.8) is 0 Å². The Kier molecular flexibility index (Phi) is 4.93. The van der Waals surface area contributed by atoms with Crippen molar-refractivity contribution in [3.05, 3.63) is 39.8 Å². The van der Waals surface area contributed by atoms with Crippen LogP contribution in [0.3, 0.4) is 0 Å². The van der Waals surface area contributed by atoms with E-state index in [0.717, 1.165) is 10.6 Å². The summed E-state index contributed by atoms with van der Waals surface area (Å²) in [5, 5.41) is 5.29. The number of hydrogen-bond donors (Lipinski definition) is 2. The number of amides is 1. The average molecular weight is 305 g/mol. The minimum atomic E-state index is -0.261. The Bertz CT molecular complexity index is 638. The molecule has 112 valence electrons. The van der Waals surface area contributed by atoms with Crippen molar-refractivity contribution in [2.24, 2.45) is 5.73 Å². The zero-order valence-corrected chi connectivity index (χ0v) is 13.2. The molecule has 0 aliphatic rings. The molecule has 0 aliphatic heterocycles. The smallest absolute Gasteiger partial charge is 0.275 e. The Labute approximate surface area is 128 Å². The first-order chi connectivity index (χ1) is 10.0. The van der Waals surface area contributed by atoms with E-state index in [1.165, 1.54) is 11.3 Å². The number of benzene rings is 1. The van der Waals surface area contributed by atoms with Gasteiger partial charge in [0.25, 0.3) is 5.91 Å². The van der Waals surface area contributed by atoms with E-state index in [2.05, 4.69) is 10.3 Å². The van der Waals surface area contributed by atoms with E-state index in [9.17, 15) is 4.79 Å². The molecule has 1 amide bonds. The molecule has 1 atom stereocenters. The van der Waals surface area contributed by atoms with E-state index in [0.29, 0.717) is 23.7 Å². The molecule has 0 bridgehead atoms. The highest BCUT2D eigenvalue weighted by Crippen LogP contribution is 2.26. The second kappa shape index (κ2) is 6.69. The number of hydrogen-bond acceptors (Lipinski definition) is 5. The maximum absolute atomic E-state index is 12.2. The summed E-state index contributed by atoms with van der Waals surface area (Å²) in [7, 11) is 0. The van der Waals surface area contributed by atoms with E-state index in [4.69, 9.17) is 10.5 Å². The van der Waals surface area contributed by atoms with Crippen molar-refractivity contribution in [2.45, 2.75) is 26.8 Å². The number of ether oxygens (including phenoxy) is 1. The number of nitrogens with one attached hydrogen (secondary N) is 1. The van der Waals surface area contributed by atoms with E-state index in [1.54, 1.807) is 5.38 Å². The number of aryl methyl sites for hydroxylation is 1. The van der Waals surface area contributed by atoms with Crippen molar-refractivity contribution in [1.29, 1.82) is 0 Å². The van der Waals surface area contributed by atoms with Gasteiger partial charge in [-0.3, -0.25) is 4.79 Å². The molecular formula is C15H19N3O2S. The Morgan fingerprint density at radius 2 is 2.29 bits per heavy atom. The maximum Gasteiger partial charge on any atom is 0.275 e. The number of anilines is 1. The van der Waals surface area contributed by atoms with Crippen LogP contribution in [0.25, 0.3) is 0 Å². The molecule has 1 aromatic carbocycles. The molecule has 2 aromatic rings. The summed E-state index contributed by atoms with van der Waals surface area (Å²) in [5.41, 5.74) is 7.84. The number of aromatic nitrogens is 1. The van der Waals surface area contributed by atoms with E-state index >= 15 is 0 Å². The van der Waals surface area contributed by atoms with Gasteiger partial charge >= 0.3 is 0 Å². The molecule has 1 unspecified atom stereocenters. The summed E-state index contributed by atoms with van der Waals surface area (Å²) >= 11 is 1.39. The fraction of sp³-hybridized carbons (Fsp3) is 0.333. The number of carbonyl (C=O) groups excluding carboxylic acids is 1. The minimum absolute atomic E-state index is 0.171. The number of carbonyl (C=O) groups is 1.